The van der Waals surface area contributed by atoms with E-state index in [0.717, 1.165) is 31.2 Å². The van der Waals surface area contributed by atoms with Crippen LogP contribution in [0.25, 0.3) is 0 Å². The molecule has 0 heterocycles. The Morgan fingerprint density at radius 2 is 1.95 bits per heavy atom. The molecule has 0 amide bonds. The number of benzene rings is 1. The highest BCUT2D eigenvalue weighted by Gasteiger charge is 2.04. The summed E-state index contributed by atoms with van der Waals surface area (Å²) in [5.41, 5.74) is 1.26. The fraction of sp³-hybridized carbons (Fsp3) is 0.588. The molecule has 0 aliphatic rings. The van der Waals surface area contributed by atoms with Crippen LogP contribution in [0.2, 0.25) is 0 Å². The van der Waals surface area contributed by atoms with Crippen molar-refractivity contribution >= 4 is 29.9 Å². The van der Waals surface area contributed by atoms with Crippen LogP contribution in [0.5, 0.6) is 5.75 Å². The van der Waals surface area contributed by atoms with Crippen molar-refractivity contribution in [1.29, 1.82) is 0 Å². The SMILES string of the molecule is CCC(CC)CNC(=NC)NCCc1cccc(OC)c1.I. The minimum atomic E-state index is 0. The molecule has 0 radical (unpaired) electrons. The van der Waals surface area contributed by atoms with Crippen molar-refractivity contribution in [2.24, 2.45) is 10.9 Å². The standard InChI is InChI=1S/C17H29N3O.HI/c1-5-14(6-2)13-20-17(18-3)19-11-10-15-8-7-9-16(12-15)21-4;/h7-9,12,14H,5-6,10-11,13H2,1-4H3,(H2,18,19,20);1H. The van der Waals surface area contributed by atoms with Gasteiger partial charge < -0.3 is 15.4 Å². The van der Waals surface area contributed by atoms with Crippen molar-refractivity contribution in [3.05, 3.63) is 29.8 Å². The first kappa shape index (κ1) is 21.0. The molecular formula is C17H30IN3O. The molecule has 0 atom stereocenters. The van der Waals surface area contributed by atoms with E-state index < -0.39 is 0 Å². The second-order valence-electron chi connectivity index (χ2n) is 5.16. The zero-order valence-corrected chi connectivity index (χ0v) is 16.5. The van der Waals surface area contributed by atoms with Crippen LogP contribution in [-0.2, 0) is 6.42 Å². The third-order valence-electron chi connectivity index (χ3n) is 3.78. The van der Waals surface area contributed by atoms with E-state index in [0.29, 0.717) is 5.92 Å². The Kier molecular flexibility index (Phi) is 12.0. The number of aliphatic imine (C=N–C) groups is 1. The lowest BCUT2D eigenvalue weighted by atomic mass is 10.0. The maximum absolute atomic E-state index is 5.24. The summed E-state index contributed by atoms with van der Waals surface area (Å²) < 4.78 is 5.24. The second-order valence-corrected chi connectivity index (χ2v) is 5.16. The molecule has 0 aromatic heterocycles. The number of halogens is 1. The summed E-state index contributed by atoms with van der Waals surface area (Å²) in [5, 5.41) is 6.75. The van der Waals surface area contributed by atoms with Crippen LogP contribution in [0.15, 0.2) is 29.3 Å². The maximum Gasteiger partial charge on any atom is 0.190 e. The van der Waals surface area contributed by atoms with Crippen molar-refractivity contribution < 1.29 is 4.74 Å². The molecule has 126 valence electrons. The fourth-order valence-corrected chi connectivity index (χ4v) is 2.19. The van der Waals surface area contributed by atoms with E-state index in [1.807, 2.05) is 19.2 Å². The number of hydrogen-bond donors (Lipinski definition) is 2. The van der Waals surface area contributed by atoms with Gasteiger partial charge >= 0.3 is 0 Å². The number of methoxy groups -OCH3 is 1. The van der Waals surface area contributed by atoms with Crippen LogP contribution in [0.4, 0.5) is 0 Å². The molecule has 0 bridgehead atoms. The summed E-state index contributed by atoms with van der Waals surface area (Å²) >= 11 is 0. The number of ether oxygens (including phenoxy) is 1. The van der Waals surface area contributed by atoms with Gasteiger partial charge in [-0.3, -0.25) is 4.99 Å². The molecule has 1 aromatic rings. The molecule has 2 N–H and O–H groups in total. The van der Waals surface area contributed by atoms with Crippen LogP contribution < -0.4 is 15.4 Å². The quantitative estimate of drug-likeness (QED) is 0.386. The number of nitrogens with zero attached hydrogens (tertiary/aromatic N) is 1. The van der Waals surface area contributed by atoms with E-state index in [1.54, 1.807) is 7.11 Å². The first-order valence-corrected chi connectivity index (χ1v) is 7.80. The van der Waals surface area contributed by atoms with Crippen LogP contribution in [-0.4, -0.2) is 33.2 Å². The average molecular weight is 419 g/mol. The Morgan fingerprint density at radius 3 is 2.55 bits per heavy atom. The van der Waals surface area contributed by atoms with Gasteiger partial charge in [0.25, 0.3) is 0 Å². The first-order chi connectivity index (χ1) is 10.2. The highest BCUT2D eigenvalue weighted by Crippen LogP contribution is 2.12. The Labute approximate surface area is 152 Å². The summed E-state index contributed by atoms with van der Waals surface area (Å²) in [5.74, 6) is 2.50. The van der Waals surface area contributed by atoms with Gasteiger partial charge in [-0.05, 0) is 30.0 Å². The molecule has 4 nitrogen and oxygen atoms in total. The van der Waals surface area contributed by atoms with Crippen molar-refractivity contribution in [3.8, 4) is 5.75 Å². The Bertz CT molecular complexity index is 434. The van der Waals surface area contributed by atoms with E-state index in [-0.39, 0.29) is 24.0 Å². The highest BCUT2D eigenvalue weighted by atomic mass is 127. The third-order valence-corrected chi connectivity index (χ3v) is 3.78. The van der Waals surface area contributed by atoms with Gasteiger partial charge in [-0.2, -0.15) is 0 Å². The lowest BCUT2D eigenvalue weighted by Crippen LogP contribution is -2.40. The van der Waals surface area contributed by atoms with Crippen LogP contribution in [0, 0.1) is 5.92 Å². The van der Waals surface area contributed by atoms with Gasteiger partial charge in [-0.15, -0.1) is 24.0 Å². The van der Waals surface area contributed by atoms with E-state index in [9.17, 15) is 0 Å². The Hall–Kier alpha value is -0.980. The van der Waals surface area contributed by atoms with Crippen molar-refractivity contribution in [1.82, 2.24) is 10.6 Å². The molecule has 0 saturated carbocycles. The average Bonchev–Trinajstić information content (AvgIpc) is 2.54. The molecule has 0 fully saturated rings. The number of guanidine groups is 1. The predicted molar refractivity (Wildman–Crippen MR) is 106 cm³/mol. The molecule has 0 aliphatic carbocycles. The van der Waals surface area contributed by atoms with Crippen LogP contribution in [0.3, 0.4) is 0 Å². The van der Waals surface area contributed by atoms with Crippen LogP contribution in [0.1, 0.15) is 32.3 Å². The molecule has 1 rings (SSSR count). The highest BCUT2D eigenvalue weighted by molar-refractivity contribution is 14.0. The van der Waals surface area contributed by atoms with Crippen molar-refractivity contribution in [2.45, 2.75) is 33.1 Å². The monoisotopic (exact) mass is 419 g/mol. The Balaban J connectivity index is 0.00000441. The zero-order valence-electron chi connectivity index (χ0n) is 14.2. The number of nitrogens with one attached hydrogen (secondary N) is 2. The van der Waals surface area contributed by atoms with Crippen molar-refractivity contribution in [3.63, 3.8) is 0 Å². The van der Waals surface area contributed by atoms with Gasteiger partial charge in [-0.1, -0.05) is 38.8 Å². The molecular weight excluding hydrogens is 389 g/mol. The van der Waals surface area contributed by atoms with Crippen LogP contribution >= 0.6 is 24.0 Å². The normalized spacial score (nSPS) is 11.0. The minimum absolute atomic E-state index is 0. The number of hydrogen-bond acceptors (Lipinski definition) is 2. The molecule has 22 heavy (non-hydrogen) atoms. The van der Waals surface area contributed by atoms with Gasteiger partial charge in [0.05, 0.1) is 7.11 Å². The van der Waals surface area contributed by atoms with E-state index in [1.165, 1.54) is 18.4 Å². The van der Waals surface area contributed by atoms with Gasteiger partial charge in [0.15, 0.2) is 5.96 Å². The molecule has 0 unspecified atom stereocenters. The number of rotatable bonds is 8. The van der Waals surface area contributed by atoms with Gasteiger partial charge in [0.1, 0.15) is 5.75 Å². The van der Waals surface area contributed by atoms with Gasteiger partial charge in [-0.25, -0.2) is 0 Å². The Morgan fingerprint density at radius 1 is 1.23 bits per heavy atom. The smallest absolute Gasteiger partial charge is 0.190 e. The zero-order chi connectivity index (χ0) is 15.5. The summed E-state index contributed by atoms with van der Waals surface area (Å²) in [6.45, 7) is 6.30. The predicted octanol–water partition coefficient (Wildman–Crippen LogP) is 3.46. The molecule has 5 heteroatoms. The molecule has 1 aromatic carbocycles. The van der Waals surface area contributed by atoms with E-state index in [2.05, 4.69) is 41.6 Å². The lowest BCUT2D eigenvalue weighted by molar-refractivity contribution is 0.414. The molecule has 0 spiro atoms. The van der Waals surface area contributed by atoms with Crippen molar-refractivity contribution in [2.75, 3.05) is 27.2 Å². The van der Waals surface area contributed by atoms with E-state index >= 15 is 0 Å². The second kappa shape index (κ2) is 12.6. The summed E-state index contributed by atoms with van der Waals surface area (Å²) in [6, 6.07) is 8.17. The summed E-state index contributed by atoms with van der Waals surface area (Å²) in [6.07, 6.45) is 3.34. The topological polar surface area (TPSA) is 45.7 Å². The van der Waals surface area contributed by atoms with E-state index in [4.69, 9.17) is 4.74 Å². The minimum Gasteiger partial charge on any atom is -0.497 e. The fourth-order valence-electron chi connectivity index (χ4n) is 2.19. The molecule has 0 saturated heterocycles. The summed E-state index contributed by atoms with van der Waals surface area (Å²) in [7, 11) is 3.51. The maximum atomic E-state index is 5.24. The molecule has 0 aliphatic heterocycles. The van der Waals surface area contributed by atoms with Gasteiger partial charge in [0.2, 0.25) is 0 Å². The lowest BCUT2D eigenvalue weighted by Gasteiger charge is -2.16. The first-order valence-electron chi connectivity index (χ1n) is 7.80. The largest absolute Gasteiger partial charge is 0.497 e. The summed E-state index contributed by atoms with van der Waals surface area (Å²) in [4.78, 5) is 4.26. The third kappa shape index (κ3) is 7.87. The van der Waals surface area contributed by atoms with Gasteiger partial charge in [0, 0.05) is 20.1 Å².